The average Bonchev–Trinajstić information content (AvgIpc) is 2.35. The van der Waals surface area contributed by atoms with E-state index in [0.29, 0.717) is 13.0 Å². The van der Waals surface area contributed by atoms with Crippen molar-refractivity contribution in [2.45, 2.75) is 32.6 Å². The van der Waals surface area contributed by atoms with E-state index < -0.39 is 0 Å². The molecule has 1 rings (SSSR count). The fourth-order valence-corrected chi connectivity index (χ4v) is 1.55. The van der Waals surface area contributed by atoms with E-state index in [1.54, 1.807) is 0 Å². The third-order valence-electron chi connectivity index (χ3n) is 2.42. The van der Waals surface area contributed by atoms with Crippen LogP contribution in [0.1, 0.15) is 38.2 Å². The highest BCUT2D eigenvalue weighted by Crippen LogP contribution is 2.06. The molecule has 0 unspecified atom stereocenters. The monoisotopic (exact) mass is 232 g/mol. The molecule has 1 aromatic carbocycles. The molecule has 0 heterocycles. The summed E-state index contributed by atoms with van der Waals surface area (Å²) < 4.78 is 4.86. The third-order valence-corrected chi connectivity index (χ3v) is 2.42. The predicted molar refractivity (Wildman–Crippen MR) is 70.6 cm³/mol. The lowest BCUT2D eigenvalue weighted by Gasteiger charge is -2.00. The summed E-state index contributed by atoms with van der Waals surface area (Å²) in [6.45, 7) is 2.31. The minimum absolute atomic E-state index is 0.0838. The van der Waals surface area contributed by atoms with Crippen LogP contribution in [-0.2, 0) is 9.53 Å². The lowest BCUT2D eigenvalue weighted by atomic mass is 10.1. The summed E-state index contributed by atoms with van der Waals surface area (Å²) in [6, 6.07) is 10.2. The molecule has 0 aliphatic heterocycles. The SMILES string of the molecule is CCOC(=O)CCCCC=Cc1ccccc1. The van der Waals surface area contributed by atoms with Crippen molar-refractivity contribution in [2.75, 3.05) is 6.61 Å². The highest BCUT2D eigenvalue weighted by atomic mass is 16.5. The van der Waals surface area contributed by atoms with Crippen molar-refractivity contribution < 1.29 is 9.53 Å². The van der Waals surface area contributed by atoms with Crippen LogP contribution < -0.4 is 0 Å². The molecule has 2 heteroatoms. The third kappa shape index (κ3) is 6.56. The Hall–Kier alpha value is -1.57. The highest BCUT2D eigenvalue weighted by molar-refractivity contribution is 5.69. The molecule has 0 N–H and O–H groups in total. The lowest BCUT2D eigenvalue weighted by molar-refractivity contribution is -0.143. The first kappa shape index (κ1) is 13.5. The standard InChI is InChI=1S/C15H20O2/c1-2-17-15(16)13-9-4-3-6-10-14-11-7-5-8-12-14/h5-8,10-12H,2-4,9,13H2,1H3. The molecule has 2 nitrogen and oxygen atoms in total. The van der Waals surface area contributed by atoms with Gasteiger partial charge in [-0.2, -0.15) is 0 Å². The number of esters is 1. The van der Waals surface area contributed by atoms with Gasteiger partial charge in [-0.3, -0.25) is 4.79 Å². The van der Waals surface area contributed by atoms with E-state index in [0.717, 1.165) is 19.3 Å². The van der Waals surface area contributed by atoms with Crippen LogP contribution in [0.25, 0.3) is 6.08 Å². The summed E-state index contributed by atoms with van der Waals surface area (Å²) in [5.74, 6) is -0.0838. The zero-order chi connectivity index (χ0) is 12.3. The molecule has 92 valence electrons. The maximum Gasteiger partial charge on any atom is 0.305 e. The first-order chi connectivity index (χ1) is 8.33. The number of carbonyl (C=O) groups is 1. The summed E-state index contributed by atoms with van der Waals surface area (Å²) in [7, 11) is 0. The Morgan fingerprint density at radius 2 is 2.00 bits per heavy atom. The average molecular weight is 232 g/mol. The predicted octanol–water partition coefficient (Wildman–Crippen LogP) is 3.82. The van der Waals surface area contributed by atoms with Crippen molar-refractivity contribution >= 4 is 12.0 Å². The summed E-state index contributed by atoms with van der Waals surface area (Å²) in [5.41, 5.74) is 1.22. The van der Waals surface area contributed by atoms with E-state index in [-0.39, 0.29) is 5.97 Å². The van der Waals surface area contributed by atoms with Crippen LogP contribution >= 0.6 is 0 Å². The maximum atomic E-state index is 11.1. The zero-order valence-corrected chi connectivity index (χ0v) is 10.4. The smallest absolute Gasteiger partial charge is 0.305 e. The molecule has 0 atom stereocenters. The molecule has 0 spiro atoms. The first-order valence-corrected chi connectivity index (χ1v) is 6.20. The van der Waals surface area contributed by atoms with Gasteiger partial charge >= 0.3 is 5.97 Å². The van der Waals surface area contributed by atoms with Gasteiger partial charge in [0.1, 0.15) is 0 Å². The van der Waals surface area contributed by atoms with Gasteiger partial charge in [0.2, 0.25) is 0 Å². The molecule has 0 aliphatic rings. The minimum Gasteiger partial charge on any atom is -0.466 e. The van der Waals surface area contributed by atoms with Gasteiger partial charge in [0.25, 0.3) is 0 Å². The van der Waals surface area contributed by atoms with E-state index in [1.807, 2.05) is 25.1 Å². The molecule has 1 aromatic rings. The molecular weight excluding hydrogens is 212 g/mol. The van der Waals surface area contributed by atoms with E-state index in [9.17, 15) is 4.79 Å². The van der Waals surface area contributed by atoms with Gasteiger partial charge in [-0.25, -0.2) is 0 Å². The largest absolute Gasteiger partial charge is 0.466 e. The van der Waals surface area contributed by atoms with Gasteiger partial charge in [-0.05, 0) is 31.7 Å². The fraction of sp³-hybridized carbons (Fsp3) is 0.400. The van der Waals surface area contributed by atoms with E-state index in [4.69, 9.17) is 4.74 Å². The van der Waals surface area contributed by atoms with Crippen molar-refractivity contribution in [1.29, 1.82) is 0 Å². The maximum absolute atomic E-state index is 11.1. The Bertz CT molecular complexity index is 341. The Morgan fingerprint density at radius 3 is 2.71 bits per heavy atom. The topological polar surface area (TPSA) is 26.3 Å². The number of ether oxygens (including phenoxy) is 1. The summed E-state index contributed by atoms with van der Waals surface area (Å²) in [6.07, 6.45) is 7.74. The molecule has 0 amide bonds. The van der Waals surface area contributed by atoms with Gasteiger partial charge in [-0.15, -0.1) is 0 Å². The number of rotatable bonds is 7. The van der Waals surface area contributed by atoms with Crippen LogP contribution in [-0.4, -0.2) is 12.6 Å². The Labute approximate surface area is 103 Å². The molecule has 17 heavy (non-hydrogen) atoms. The second-order valence-electron chi connectivity index (χ2n) is 3.86. The van der Waals surface area contributed by atoms with Crippen LogP contribution in [0.15, 0.2) is 36.4 Å². The van der Waals surface area contributed by atoms with Crippen molar-refractivity contribution in [1.82, 2.24) is 0 Å². The van der Waals surface area contributed by atoms with E-state index in [2.05, 4.69) is 24.3 Å². The van der Waals surface area contributed by atoms with Crippen LogP contribution in [0.2, 0.25) is 0 Å². The van der Waals surface area contributed by atoms with Crippen LogP contribution in [0.5, 0.6) is 0 Å². The Kier molecular flexibility index (Phi) is 6.80. The second-order valence-corrected chi connectivity index (χ2v) is 3.86. The quantitative estimate of drug-likeness (QED) is 0.527. The van der Waals surface area contributed by atoms with Crippen LogP contribution in [0, 0.1) is 0 Å². The van der Waals surface area contributed by atoms with Crippen molar-refractivity contribution in [3.05, 3.63) is 42.0 Å². The van der Waals surface area contributed by atoms with Crippen molar-refractivity contribution in [3.63, 3.8) is 0 Å². The van der Waals surface area contributed by atoms with Crippen LogP contribution in [0.3, 0.4) is 0 Å². The molecule has 0 aliphatic carbocycles. The van der Waals surface area contributed by atoms with Gasteiger partial charge in [-0.1, -0.05) is 42.5 Å². The first-order valence-electron chi connectivity index (χ1n) is 6.20. The second kappa shape index (κ2) is 8.57. The fourth-order valence-electron chi connectivity index (χ4n) is 1.55. The molecule has 0 saturated heterocycles. The Morgan fingerprint density at radius 1 is 1.24 bits per heavy atom. The van der Waals surface area contributed by atoms with E-state index >= 15 is 0 Å². The van der Waals surface area contributed by atoms with Gasteiger partial charge in [0.15, 0.2) is 0 Å². The minimum atomic E-state index is -0.0838. The molecule has 0 aromatic heterocycles. The molecular formula is C15H20O2. The lowest BCUT2D eigenvalue weighted by Crippen LogP contribution is -2.02. The number of allylic oxidation sites excluding steroid dienone is 1. The normalized spacial score (nSPS) is 10.6. The van der Waals surface area contributed by atoms with Gasteiger partial charge in [0.05, 0.1) is 6.61 Å². The molecule has 0 fully saturated rings. The number of unbranched alkanes of at least 4 members (excludes halogenated alkanes) is 2. The summed E-state index contributed by atoms with van der Waals surface area (Å²) in [4.78, 5) is 11.1. The highest BCUT2D eigenvalue weighted by Gasteiger charge is 1.99. The van der Waals surface area contributed by atoms with Gasteiger partial charge in [0, 0.05) is 6.42 Å². The van der Waals surface area contributed by atoms with Gasteiger partial charge < -0.3 is 4.74 Å². The number of carbonyl (C=O) groups excluding carboxylic acids is 1. The van der Waals surface area contributed by atoms with Crippen LogP contribution in [0.4, 0.5) is 0 Å². The number of hydrogen-bond acceptors (Lipinski definition) is 2. The molecule has 0 radical (unpaired) electrons. The molecule has 0 saturated carbocycles. The summed E-state index contributed by atoms with van der Waals surface area (Å²) in [5, 5.41) is 0. The Balaban J connectivity index is 2.08. The number of hydrogen-bond donors (Lipinski definition) is 0. The van der Waals surface area contributed by atoms with E-state index in [1.165, 1.54) is 5.56 Å². The zero-order valence-electron chi connectivity index (χ0n) is 10.4. The van der Waals surface area contributed by atoms with Crippen molar-refractivity contribution in [2.24, 2.45) is 0 Å². The van der Waals surface area contributed by atoms with Crippen molar-refractivity contribution in [3.8, 4) is 0 Å². The number of benzene rings is 1. The summed E-state index contributed by atoms with van der Waals surface area (Å²) >= 11 is 0. The molecule has 0 bridgehead atoms.